The SMILES string of the molecule is Cc1nc(SC(C)C(=O)N2CCCc3ccccc32)c2c(=O)n(C)c(=O)n(CC(C)C)c2n1. The number of carbonyl (C=O) groups excluding carboxylic acids is 1. The number of anilines is 1. The maximum absolute atomic E-state index is 13.4. The van der Waals surface area contributed by atoms with Crippen molar-refractivity contribution in [3.63, 3.8) is 0 Å². The van der Waals surface area contributed by atoms with Crippen LogP contribution in [0.3, 0.4) is 0 Å². The number of para-hydroxylation sites is 1. The van der Waals surface area contributed by atoms with Gasteiger partial charge in [-0.1, -0.05) is 43.8 Å². The lowest BCUT2D eigenvalue weighted by molar-refractivity contribution is -0.117. The van der Waals surface area contributed by atoms with E-state index in [9.17, 15) is 14.4 Å². The minimum absolute atomic E-state index is 0.0242. The van der Waals surface area contributed by atoms with Gasteiger partial charge in [0.25, 0.3) is 5.56 Å². The minimum atomic E-state index is -0.469. The normalized spacial score (nSPS) is 14.5. The van der Waals surface area contributed by atoms with E-state index in [1.165, 1.54) is 28.9 Å². The quantitative estimate of drug-likeness (QED) is 0.423. The fourth-order valence-electron chi connectivity index (χ4n) is 4.26. The Kier molecular flexibility index (Phi) is 6.43. The van der Waals surface area contributed by atoms with Crippen molar-refractivity contribution in [2.45, 2.75) is 57.4 Å². The fourth-order valence-corrected chi connectivity index (χ4v) is 5.30. The summed E-state index contributed by atoms with van der Waals surface area (Å²) in [6.07, 6.45) is 1.87. The van der Waals surface area contributed by atoms with Gasteiger partial charge in [0.1, 0.15) is 16.2 Å². The second-order valence-electron chi connectivity index (χ2n) is 8.91. The Morgan fingerprint density at radius 3 is 2.61 bits per heavy atom. The van der Waals surface area contributed by atoms with Crippen molar-refractivity contribution in [1.29, 1.82) is 0 Å². The van der Waals surface area contributed by atoms with E-state index >= 15 is 0 Å². The molecule has 0 radical (unpaired) electrons. The summed E-state index contributed by atoms with van der Waals surface area (Å²) in [5, 5.41) is 0.248. The lowest BCUT2D eigenvalue weighted by atomic mass is 10.0. The molecular weight excluding hydrogens is 438 g/mol. The van der Waals surface area contributed by atoms with Crippen LogP contribution in [0, 0.1) is 12.8 Å². The summed E-state index contributed by atoms with van der Waals surface area (Å²) in [5.74, 6) is 0.622. The topological polar surface area (TPSA) is 90.1 Å². The third-order valence-electron chi connectivity index (χ3n) is 5.82. The number of hydrogen-bond donors (Lipinski definition) is 0. The molecule has 0 aliphatic carbocycles. The number of carbonyl (C=O) groups is 1. The zero-order chi connectivity index (χ0) is 23.9. The smallest absolute Gasteiger partial charge is 0.311 e. The first-order valence-corrected chi connectivity index (χ1v) is 12.1. The molecule has 174 valence electrons. The molecule has 9 heteroatoms. The highest BCUT2D eigenvalue weighted by Crippen LogP contribution is 2.32. The van der Waals surface area contributed by atoms with Crippen molar-refractivity contribution in [2.24, 2.45) is 13.0 Å². The van der Waals surface area contributed by atoms with Crippen LogP contribution in [0.4, 0.5) is 5.69 Å². The van der Waals surface area contributed by atoms with Gasteiger partial charge >= 0.3 is 5.69 Å². The number of aryl methyl sites for hydroxylation is 2. The third-order valence-corrected chi connectivity index (χ3v) is 6.89. The minimum Gasteiger partial charge on any atom is -0.311 e. The van der Waals surface area contributed by atoms with Crippen molar-refractivity contribution >= 4 is 34.4 Å². The fraction of sp³-hybridized carbons (Fsp3) is 0.458. The Morgan fingerprint density at radius 1 is 1.15 bits per heavy atom. The molecule has 3 aromatic rings. The summed E-state index contributed by atoms with van der Waals surface area (Å²) in [6, 6.07) is 7.98. The summed E-state index contributed by atoms with van der Waals surface area (Å²) in [7, 11) is 1.47. The molecule has 0 spiro atoms. The highest BCUT2D eigenvalue weighted by atomic mass is 32.2. The summed E-state index contributed by atoms with van der Waals surface area (Å²) in [5.41, 5.74) is 1.61. The standard InChI is InChI=1S/C24H29N5O3S/c1-14(2)13-29-20-19(23(31)27(5)24(29)32)21(26-16(4)25-20)33-15(3)22(30)28-12-8-10-17-9-6-7-11-18(17)28/h6-7,9,11,14-15H,8,10,12-13H2,1-5H3. The zero-order valence-corrected chi connectivity index (χ0v) is 20.5. The largest absolute Gasteiger partial charge is 0.332 e. The van der Waals surface area contributed by atoms with Gasteiger partial charge in [-0.3, -0.25) is 18.7 Å². The summed E-state index contributed by atoms with van der Waals surface area (Å²) < 4.78 is 2.63. The predicted octanol–water partition coefficient (Wildman–Crippen LogP) is 2.91. The summed E-state index contributed by atoms with van der Waals surface area (Å²) in [6.45, 7) is 8.68. The average molecular weight is 468 g/mol. The number of thioether (sulfide) groups is 1. The molecule has 4 rings (SSSR count). The van der Waals surface area contributed by atoms with Gasteiger partial charge in [-0.2, -0.15) is 0 Å². The average Bonchev–Trinajstić information content (AvgIpc) is 2.79. The first-order valence-electron chi connectivity index (χ1n) is 11.2. The van der Waals surface area contributed by atoms with Gasteiger partial charge in [0.2, 0.25) is 5.91 Å². The molecule has 0 fully saturated rings. The summed E-state index contributed by atoms with van der Waals surface area (Å²) >= 11 is 1.25. The lowest BCUT2D eigenvalue weighted by Gasteiger charge is -2.31. The van der Waals surface area contributed by atoms with E-state index in [-0.39, 0.29) is 17.2 Å². The van der Waals surface area contributed by atoms with E-state index in [4.69, 9.17) is 0 Å². The molecule has 8 nitrogen and oxygen atoms in total. The lowest BCUT2D eigenvalue weighted by Crippen LogP contribution is -2.41. The molecular formula is C24H29N5O3S. The Bertz CT molecular complexity index is 1340. The van der Waals surface area contributed by atoms with Crippen LogP contribution < -0.4 is 16.1 Å². The Labute approximate surface area is 196 Å². The van der Waals surface area contributed by atoms with Gasteiger partial charge in [-0.25, -0.2) is 14.8 Å². The molecule has 1 aliphatic heterocycles. The number of aromatic nitrogens is 4. The van der Waals surface area contributed by atoms with Crippen LogP contribution in [0.5, 0.6) is 0 Å². The van der Waals surface area contributed by atoms with Gasteiger partial charge in [0, 0.05) is 25.8 Å². The molecule has 3 heterocycles. The van der Waals surface area contributed by atoms with Crippen LogP contribution in [-0.4, -0.2) is 36.8 Å². The van der Waals surface area contributed by atoms with Crippen molar-refractivity contribution < 1.29 is 4.79 Å². The highest BCUT2D eigenvalue weighted by Gasteiger charge is 2.28. The van der Waals surface area contributed by atoms with Crippen molar-refractivity contribution in [1.82, 2.24) is 19.1 Å². The van der Waals surface area contributed by atoms with Gasteiger partial charge in [0.15, 0.2) is 5.65 Å². The van der Waals surface area contributed by atoms with Crippen molar-refractivity contribution in [3.05, 3.63) is 56.5 Å². The molecule has 1 unspecified atom stereocenters. The van der Waals surface area contributed by atoms with Gasteiger partial charge in [-0.15, -0.1) is 0 Å². The number of fused-ring (bicyclic) bond motifs is 2. The van der Waals surface area contributed by atoms with E-state index in [0.717, 1.165) is 23.1 Å². The Morgan fingerprint density at radius 2 is 1.88 bits per heavy atom. The molecule has 1 aromatic carbocycles. The van der Waals surface area contributed by atoms with E-state index in [1.54, 1.807) is 6.92 Å². The molecule has 33 heavy (non-hydrogen) atoms. The van der Waals surface area contributed by atoms with Gasteiger partial charge in [-0.05, 0) is 44.2 Å². The third kappa shape index (κ3) is 4.34. The van der Waals surface area contributed by atoms with Crippen LogP contribution >= 0.6 is 11.8 Å². The van der Waals surface area contributed by atoms with Crippen LogP contribution in [0.25, 0.3) is 11.0 Å². The molecule has 2 aromatic heterocycles. The zero-order valence-electron chi connectivity index (χ0n) is 19.7. The number of nitrogens with zero attached hydrogens (tertiary/aromatic N) is 5. The van der Waals surface area contributed by atoms with Crippen molar-refractivity contribution in [2.75, 3.05) is 11.4 Å². The highest BCUT2D eigenvalue weighted by molar-refractivity contribution is 8.00. The molecule has 0 saturated carbocycles. The first-order chi connectivity index (χ1) is 15.7. The van der Waals surface area contributed by atoms with Gasteiger partial charge < -0.3 is 4.90 Å². The van der Waals surface area contributed by atoms with Gasteiger partial charge in [0.05, 0.1) is 5.25 Å². The number of rotatable bonds is 5. The van der Waals surface area contributed by atoms with E-state index in [0.29, 0.717) is 29.6 Å². The Hall–Kier alpha value is -2.94. The second kappa shape index (κ2) is 9.13. The van der Waals surface area contributed by atoms with Crippen LogP contribution in [0.2, 0.25) is 0 Å². The summed E-state index contributed by atoms with van der Waals surface area (Å²) in [4.78, 5) is 50.1. The van der Waals surface area contributed by atoms with E-state index < -0.39 is 16.5 Å². The molecule has 1 aliphatic rings. The molecule has 0 saturated heterocycles. The molecule has 0 N–H and O–H groups in total. The van der Waals surface area contributed by atoms with Crippen LogP contribution in [0.1, 0.15) is 38.6 Å². The first kappa shape index (κ1) is 23.2. The number of benzene rings is 1. The molecule has 0 bridgehead atoms. The Balaban J connectivity index is 1.76. The number of hydrogen-bond acceptors (Lipinski definition) is 6. The predicted molar refractivity (Wildman–Crippen MR) is 131 cm³/mol. The van der Waals surface area contributed by atoms with Crippen molar-refractivity contribution in [3.8, 4) is 0 Å². The van der Waals surface area contributed by atoms with E-state index in [2.05, 4.69) is 16.0 Å². The maximum atomic E-state index is 13.4. The second-order valence-corrected chi connectivity index (χ2v) is 10.2. The molecule has 1 amide bonds. The monoisotopic (exact) mass is 467 g/mol. The molecule has 1 atom stereocenters. The van der Waals surface area contributed by atoms with E-state index in [1.807, 2.05) is 43.9 Å². The number of amides is 1. The van der Waals surface area contributed by atoms with Crippen LogP contribution in [-0.2, 0) is 24.8 Å². The maximum Gasteiger partial charge on any atom is 0.332 e. The van der Waals surface area contributed by atoms with Crippen LogP contribution in [0.15, 0.2) is 38.9 Å².